The molecule has 0 saturated carbocycles. The highest BCUT2D eigenvalue weighted by molar-refractivity contribution is 6.06. The molecule has 5 nitrogen and oxygen atoms in total. The van der Waals surface area contributed by atoms with Gasteiger partial charge in [0.15, 0.2) is 0 Å². The first-order valence-corrected chi connectivity index (χ1v) is 9.61. The van der Waals surface area contributed by atoms with Gasteiger partial charge in [0.05, 0.1) is 17.7 Å². The summed E-state index contributed by atoms with van der Waals surface area (Å²) in [6, 6.07) is 6.29. The standard InChI is InChI=1S/C21H26FN3O2/c1-14-10-17(16-11-15(22)4-5-18(16)23-14)20(27)25-9-7-21(13-26)6-3-8-24(2)19(21)12-25/h4-5,10-11,19,26H,3,6-9,12-13H2,1-2H3/t19-,21-/m1/s1. The number of aliphatic hydroxyl groups is 1. The van der Waals surface area contributed by atoms with Crippen LogP contribution in [-0.2, 0) is 0 Å². The van der Waals surface area contributed by atoms with Crippen molar-refractivity contribution in [3.8, 4) is 0 Å². The molecule has 1 aromatic heterocycles. The Balaban J connectivity index is 1.68. The molecule has 1 amide bonds. The van der Waals surface area contributed by atoms with E-state index in [2.05, 4.69) is 16.9 Å². The molecular formula is C21H26FN3O2. The Bertz CT molecular complexity index is 887. The number of piperidine rings is 2. The molecule has 1 aromatic carbocycles. The maximum Gasteiger partial charge on any atom is 0.254 e. The van der Waals surface area contributed by atoms with Crippen molar-refractivity contribution in [1.82, 2.24) is 14.8 Å². The van der Waals surface area contributed by atoms with Crippen molar-refractivity contribution < 1.29 is 14.3 Å². The third kappa shape index (κ3) is 3.11. The molecule has 0 aliphatic carbocycles. The Hall–Kier alpha value is -2.05. The van der Waals surface area contributed by atoms with Crippen molar-refractivity contribution >= 4 is 16.8 Å². The molecule has 0 radical (unpaired) electrons. The minimum absolute atomic E-state index is 0.0818. The number of hydrogen-bond acceptors (Lipinski definition) is 4. The Morgan fingerprint density at radius 2 is 2.15 bits per heavy atom. The fourth-order valence-electron chi connectivity index (χ4n) is 4.88. The van der Waals surface area contributed by atoms with E-state index in [9.17, 15) is 14.3 Å². The van der Waals surface area contributed by atoms with Crippen LogP contribution in [0, 0.1) is 18.2 Å². The average Bonchev–Trinajstić information content (AvgIpc) is 2.67. The number of aromatic nitrogens is 1. The number of aryl methyl sites for hydroxylation is 1. The van der Waals surface area contributed by atoms with Crippen molar-refractivity contribution in [2.45, 2.75) is 32.2 Å². The van der Waals surface area contributed by atoms with E-state index in [4.69, 9.17) is 0 Å². The number of pyridine rings is 1. The average molecular weight is 371 g/mol. The lowest BCUT2D eigenvalue weighted by molar-refractivity contribution is -0.0601. The third-order valence-corrected chi connectivity index (χ3v) is 6.43. The Labute approximate surface area is 158 Å². The molecule has 144 valence electrons. The molecule has 27 heavy (non-hydrogen) atoms. The van der Waals surface area contributed by atoms with Gasteiger partial charge in [-0.3, -0.25) is 9.78 Å². The molecule has 2 saturated heterocycles. The maximum absolute atomic E-state index is 13.8. The van der Waals surface area contributed by atoms with Crippen LogP contribution in [0.2, 0.25) is 0 Å². The van der Waals surface area contributed by atoms with E-state index in [1.165, 1.54) is 12.1 Å². The number of halogens is 1. The van der Waals surface area contributed by atoms with E-state index in [0.29, 0.717) is 29.6 Å². The van der Waals surface area contributed by atoms with E-state index in [-0.39, 0.29) is 29.8 Å². The van der Waals surface area contributed by atoms with E-state index in [1.54, 1.807) is 12.1 Å². The first-order valence-electron chi connectivity index (χ1n) is 9.61. The molecule has 1 N–H and O–H groups in total. The van der Waals surface area contributed by atoms with Gasteiger partial charge >= 0.3 is 0 Å². The minimum atomic E-state index is -0.368. The van der Waals surface area contributed by atoms with Crippen LogP contribution in [0.25, 0.3) is 10.9 Å². The normalized spacial score (nSPS) is 26.2. The summed E-state index contributed by atoms with van der Waals surface area (Å²) in [5.41, 5.74) is 1.77. The largest absolute Gasteiger partial charge is 0.396 e. The van der Waals surface area contributed by atoms with Crippen molar-refractivity contribution in [3.05, 3.63) is 41.3 Å². The molecule has 0 bridgehead atoms. The number of benzene rings is 1. The fourth-order valence-corrected chi connectivity index (χ4v) is 4.88. The van der Waals surface area contributed by atoms with Crippen LogP contribution in [0.4, 0.5) is 4.39 Å². The zero-order valence-electron chi connectivity index (χ0n) is 15.9. The van der Waals surface area contributed by atoms with Crippen molar-refractivity contribution in [2.75, 3.05) is 33.3 Å². The summed E-state index contributed by atoms with van der Waals surface area (Å²) < 4.78 is 13.8. The van der Waals surface area contributed by atoms with Crippen LogP contribution in [0.5, 0.6) is 0 Å². The van der Waals surface area contributed by atoms with Gasteiger partial charge in [-0.25, -0.2) is 4.39 Å². The van der Waals surface area contributed by atoms with Gasteiger partial charge < -0.3 is 14.9 Å². The first kappa shape index (κ1) is 18.3. The number of fused-ring (bicyclic) bond motifs is 2. The van der Waals surface area contributed by atoms with Crippen molar-refractivity contribution in [1.29, 1.82) is 0 Å². The van der Waals surface area contributed by atoms with Crippen molar-refractivity contribution in [2.24, 2.45) is 5.41 Å². The Kier molecular flexibility index (Phi) is 4.64. The molecule has 2 aliphatic rings. The molecule has 6 heteroatoms. The highest BCUT2D eigenvalue weighted by Gasteiger charge is 2.47. The number of nitrogens with zero attached hydrogens (tertiary/aromatic N) is 3. The lowest BCUT2D eigenvalue weighted by atomic mass is 9.69. The van der Waals surface area contributed by atoms with Gasteiger partial charge in [0.1, 0.15) is 5.82 Å². The lowest BCUT2D eigenvalue weighted by Crippen LogP contribution is -2.62. The summed E-state index contributed by atoms with van der Waals surface area (Å²) in [6.45, 7) is 4.20. The molecule has 2 aromatic rings. The number of hydrogen-bond donors (Lipinski definition) is 1. The highest BCUT2D eigenvalue weighted by Crippen LogP contribution is 2.41. The summed E-state index contributed by atoms with van der Waals surface area (Å²) >= 11 is 0. The van der Waals surface area contributed by atoms with E-state index < -0.39 is 0 Å². The Morgan fingerprint density at radius 3 is 2.93 bits per heavy atom. The molecule has 0 unspecified atom stereocenters. The summed E-state index contributed by atoms with van der Waals surface area (Å²) in [4.78, 5) is 21.9. The second kappa shape index (κ2) is 6.84. The van der Waals surface area contributed by atoms with Crippen LogP contribution in [0.1, 0.15) is 35.3 Å². The molecule has 2 aliphatic heterocycles. The Morgan fingerprint density at radius 1 is 1.33 bits per heavy atom. The molecule has 3 heterocycles. The van der Waals surface area contributed by atoms with E-state index in [0.717, 1.165) is 31.5 Å². The van der Waals surface area contributed by atoms with Gasteiger partial charge in [0.25, 0.3) is 5.91 Å². The smallest absolute Gasteiger partial charge is 0.254 e. The predicted molar refractivity (Wildman–Crippen MR) is 102 cm³/mol. The zero-order chi connectivity index (χ0) is 19.2. The number of amides is 1. The zero-order valence-corrected chi connectivity index (χ0v) is 15.9. The number of rotatable bonds is 2. The second-order valence-corrected chi connectivity index (χ2v) is 8.09. The summed E-state index contributed by atoms with van der Waals surface area (Å²) in [5.74, 6) is -0.450. The number of likely N-dealkylation sites (N-methyl/N-ethyl adjacent to an activating group) is 1. The van der Waals surface area contributed by atoms with Gasteiger partial charge in [-0.15, -0.1) is 0 Å². The predicted octanol–water partition coefficient (Wildman–Crippen LogP) is 2.60. The SMILES string of the molecule is Cc1cc(C(=O)N2CC[C@@]3(CO)CCCN(C)[C@@H]3C2)c2cc(F)ccc2n1. The van der Waals surface area contributed by atoms with Crippen LogP contribution in [-0.4, -0.2) is 65.1 Å². The van der Waals surface area contributed by atoms with Gasteiger partial charge in [0.2, 0.25) is 0 Å². The number of aliphatic hydroxyl groups excluding tert-OH is 1. The van der Waals surface area contributed by atoms with Gasteiger partial charge in [0, 0.05) is 35.6 Å². The summed E-state index contributed by atoms with van der Waals surface area (Å²) in [6.07, 6.45) is 2.87. The molecule has 4 rings (SSSR count). The third-order valence-electron chi connectivity index (χ3n) is 6.43. The monoisotopic (exact) mass is 371 g/mol. The quantitative estimate of drug-likeness (QED) is 0.882. The minimum Gasteiger partial charge on any atom is -0.396 e. The summed E-state index contributed by atoms with van der Waals surface area (Å²) in [5, 5.41) is 10.6. The molecule has 2 fully saturated rings. The number of carbonyl (C=O) groups is 1. The topological polar surface area (TPSA) is 56.7 Å². The van der Waals surface area contributed by atoms with Gasteiger partial charge in [-0.2, -0.15) is 0 Å². The molecule has 2 atom stereocenters. The van der Waals surface area contributed by atoms with Gasteiger partial charge in [-0.05, 0) is 64.0 Å². The number of carbonyl (C=O) groups excluding carboxylic acids is 1. The first-order chi connectivity index (χ1) is 12.9. The van der Waals surface area contributed by atoms with Crippen LogP contribution in [0.3, 0.4) is 0 Å². The van der Waals surface area contributed by atoms with E-state index >= 15 is 0 Å². The number of likely N-dealkylation sites (tertiary alicyclic amines) is 2. The van der Waals surface area contributed by atoms with E-state index in [1.807, 2.05) is 11.8 Å². The molecule has 0 spiro atoms. The fraction of sp³-hybridized carbons (Fsp3) is 0.524. The summed E-state index contributed by atoms with van der Waals surface area (Å²) in [7, 11) is 2.07. The van der Waals surface area contributed by atoms with Crippen molar-refractivity contribution in [3.63, 3.8) is 0 Å². The van der Waals surface area contributed by atoms with Crippen LogP contribution < -0.4 is 0 Å². The lowest BCUT2D eigenvalue weighted by Gasteiger charge is -2.53. The highest BCUT2D eigenvalue weighted by atomic mass is 19.1. The van der Waals surface area contributed by atoms with Crippen LogP contribution in [0.15, 0.2) is 24.3 Å². The van der Waals surface area contributed by atoms with Crippen LogP contribution >= 0.6 is 0 Å². The van der Waals surface area contributed by atoms with Gasteiger partial charge in [-0.1, -0.05) is 0 Å². The maximum atomic E-state index is 13.8. The second-order valence-electron chi connectivity index (χ2n) is 8.09. The molecular weight excluding hydrogens is 345 g/mol.